The molecule has 2 aromatic heterocycles. The summed E-state index contributed by atoms with van der Waals surface area (Å²) in [7, 11) is 0. The predicted octanol–water partition coefficient (Wildman–Crippen LogP) is 3.72. The van der Waals surface area contributed by atoms with E-state index in [1.165, 1.54) is 0 Å². The van der Waals surface area contributed by atoms with Gasteiger partial charge in [-0.1, -0.05) is 20.8 Å². The zero-order chi connectivity index (χ0) is 17.8. The second kappa shape index (κ2) is 5.88. The number of aromatic nitrogens is 2. The number of carbonyl (C=O) groups is 1. The lowest BCUT2D eigenvalue weighted by atomic mass is 9.92. The number of hydrogen-bond donors (Lipinski definition) is 1. The minimum atomic E-state index is -0.772. The zero-order valence-electron chi connectivity index (χ0n) is 14.8. The molecule has 4 heterocycles. The van der Waals surface area contributed by atoms with Gasteiger partial charge in [0.15, 0.2) is 0 Å². The fourth-order valence-corrected chi connectivity index (χ4v) is 4.82. The second-order valence-corrected chi connectivity index (χ2v) is 8.82. The van der Waals surface area contributed by atoms with E-state index in [1.54, 1.807) is 11.3 Å². The predicted molar refractivity (Wildman–Crippen MR) is 96.7 cm³/mol. The van der Waals surface area contributed by atoms with Gasteiger partial charge in [-0.25, -0.2) is 9.97 Å². The smallest absolute Gasteiger partial charge is 0.325 e. The fourth-order valence-electron chi connectivity index (χ4n) is 4.14. The van der Waals surface area contributed by atoms with Crippen LogP contribution in [0.2, 0.25) is 0 Å². The van der Waals surface area contributed by atoms with E-state index in [2.05, 4.69) is 30.7 Å². The topological polar surface area (TPSA) is 66.3 Å². The molecule has 2 aromatic rings. The number of nitrogens with zero attached hydrogens (tertiary/aromatic N) is 3. The lowest BCUT2D eigenvalue weighted by molar-refractivity contribution is -0.145. The van der Waals surface area contributed by atoms with Crippen LogP contribution in [-0.2, 0) is 16.6 Å². The molecule has 2 bridgehead atoms. The molecule has 25 heavy (non-hydrogen) atoms. The molecule has 1 N–H and O–H groups in total. The molecule has 0 spiro atoms. The number of aliphatic carboxylic acids is 1. The van der Waals surface area contributed by atoms with Gasteiger partial charge in [0.1, 0.15) is 11.9 Å². The van der Waals surface area contributed by atoms with Gasteiger partial charge in [-0.15, -0.1) is 0 Å². The molecule has 3 unspecified atom stereocenters. The van der Waals surface area contributed by atoms with Crippen LogP contribution in [0.3, 0.4) is 0 Å². The Morgan fingerprint density at radius 1 is 1.40 bits per heavy atom. The van der Waals surface area contributed by atoms with Crippen molar-refractivity contribution >= 4 is 17.3 Å². The first-order valence-electron chi connectivity index (χ1n) is 8.75. The Bertz CT molecular complexity index is 797. The van der Waals surface area contributed by atoms with Crippen LogP contribution < -0.4 is 0 Å². The molecule has 1 saturated heterocycles. The molecule has 0 radical (unpaired) electrons. The number of fused-ring (bicyclic) bond motifs is 4. The molecule has 3 atom stereocenters. The van der Waals surface area contributed by atoms with E-state index >= 15 is 0 Å². The van der Waals surface area contributed by atoms with Crippen LogP contribution in [0.15, 0.2) is 23.0 Å². The largest absolute Gasteiger partial charge is 0.480 e. The standard InChI is InChI=1S/C19H23N3O2S/c1-19(2,3)18-20-9-13-14(21-18)8-12-4-5-15(13)22(12)16(17(23)24)11-6-7-25-10-11/h6-7,9-10,12,15-16H,4-5,8H2,1-3H3,(H,23,24). The summed E-state index contributed by atoms with van der Waals surface area (Å²) in [6.45, 7) is 6.36. The Kier molecular flexibility index (Phi) is 3.92. The Labute approximate surface area is 151 Å². The molecule has 2 aliphatic heterocycles. The SMILES string of the molecule is CC(C)(C)c1ncc2c(n1)CC1CCC2N1C(C(=O)O)c1ccsc1. The number of hydrogen-bond acceptors (Lipinski definition) is 5. The second-order valence-electron chi connectivity index (χ2n) is 8.04. The number of carboxylic acids is 1. The molecule has 5 nitrogen and oxygen atoms in total. The summed E-state index contributed by atoms with van der Waals surface area (Å²) in [4.78, 5) is 23.7. The van der Waals surface area contributed by atoms with E-state index in [0.717, 1.165) is 41.9 Å². The third kappa shape index (κ3) is 2.77. The first-order valence-corrected chi connectivity index (χ1v) is 9.69. The van der Waals surface area contributed by atoms with E-state index in [4.69, 9.17) is 4.98 Å². The molecule has 0 aromatic carbocycles. The first-order chi connectivity index (χ1) is 11.9. The Morgan fingerprint density at radius 3 is 2.84 bits per heavy atom. The lowest BCUT2D eigenvalue weighted by Crippen LogP contribution is -2.43. The summed E-state index contributed by atoms with van der Waals surface area (Å²) in [5, 5.41) is 13.8. The van der Waals surface area contributed by atoms with Gasteiger partial charge in [-0.2, -0.15) is 11.3 Å². The average molecular weight is 357 g/mol. The minimum Gasteiger partial charge on any atom is -0.480 e. The maximum absolute atomic E-state index is 12.0. The summed E-state index contributed by atoms with van der Waals surface area (Å²) in [6, 6.07) is 1.68. The average Bonchev–Trinajstić information content (AvgIpc) is 3.15. The van der Waals surface area contributed by atoms with Crippen molar-refractivity contribution in [1.82, 2.24) is 14.9 Å². The molecular weight excluding hydrogens is 334 g/mol. The summed E-state index contributed by atoms with van der Waals surface area (Å²) < 4.78 is 0. The van der Waals surface area contributed by atoms with Gasteiger partial charge in [0.25, 0.3) is 0 Å². The monoisotopic (exact) mass is 357 g/mol. The number of rotatable bonds is 3. The third-order valence-corrected chi connectivity index (χ3v) is 6.01. The van der Waals surface area contributed by atoms with Crippen LogP contribution in [0.25, 0.3) is 0 Å². The molecule has 2 aliphatic rings. The van der Waals surface area contributed by atoms with Crippen molar-refractivity contribution in [3.63, 3.8) is 0 Å². The maximum Gasteiger partial charge on any atom is 0.325 e. The van der Waals surface area contributed by atoms with E-state index in [0.29, 0.717) is 0 Å². The van der Waals surface area contributed by atoms with Gasteiger partial charge in [0, 0.05) is 35.7 Å². The highest BCUT2D eigenvalue weighted by Gasteiger charge is 2.47. The minimum absolute atomic E-state index is 0.0779. The van der Waals surface area contributed by atoms with Crippen LogP contribution in [0.4, 0.5) is 0 Å². The van der Waals surface area contributed by atoms with Crippen molar-refractivity contribution < 1.29 is 9.90 Å². The van der Waals surface area contributed by atoms with Crippen LogP contribution in [0.5, 0.6) is 0 Å². The highest BCUT2D eigenvalue weighted by Crippen LogP contribution is 2.48. The summed E-state index contributed by atoms with van der Waals surface area (Å²) >= 11 is 1.55. The quantitative estimate of drug-likeness (QED) is 0.907. The Hall–Kier alpha value is -1.79. The van der Waals surface area contributed by atoms with Crippen molar-refractivity contribution in [3.05, 3.63) is 45.7 Å². The molecule has 1 fully saturated rings. The van der Waals surface area contributed by atoms with Gasteiger partial charge in [0.05, 0.1) is 5.69 Å². The van der Waals surface area contributed by atoms with Gasteiger partial charge in [-0.3, -0.25) is 9.69 Å². The molecule has 4 rings (SSSR count). The Morgan fingerprint density at radius 2 is 2.20 bits per heavy atom. The molecule has 0 amide bonds. The normalized spacial score (nSPS) is 24.1. The van der Waals surface area contributed by atoms with Crippen LogP contribution >= 0.6 is 11.3 Å². The number of thiophene rings is 1. The van der Waals surface area contributed by atoms with Crippen molar-refractivity contribution in [1.29, 1.82) is 0 Å². The van der Waals surface area contributed by atoms with E-state index in [-0.39, 0.29) is 17.5 Å². The zero-order valence-corrected chi connectivity index (χ0v) is 15.6. The molecule has 0 saturated carbocycles. The van der Waals surface area contributed by atoms with E-state index in [1.807, 2.05) is 23.0 Å². The Balaban J connectivity index is 1.74. The van der Waals surface area contributed by atoms with Crippen molar-refractivity contribution in [3.8, 4) is 0 Å². The lowest BCUT2D eigenvalue weighted by Gasteiger charge is -2.39. The van der Waals surface area contributed by atoms with Crippen LogP contribution in [0, 0.1) is 0 Å². The van der Waals surface area contributed by atoms with Gasteiger partial charge in [0.2, 0.25) is 0 Å². The summed E-state index contributed by atoms with van der Waals surface area (Å²) in [5.41, 5.74) is 3.03. The highest BCUT2D eigenvalue weighted by atomic mass is 32.1. The van der Waals surface area contributed by atoms with Gasteiger partial charge in [-0.05, 0) is 35.2 Å². The van der Waals surface area contributed by atoms with Gasteiger partial charge >= 0.3 is 5.97 Å². The van der Waals surface area contributed by atoms with Crippen molar-refractivity contribution in [2.75, 3.05) is 0 Å². The van der Waals surface area contributed by atoms with Crippen LogP contribution in [0.1, 0.15) is 68.3 Å². The van der Waals surface area contributed by atoms with Crippen LogP contribution in [-0.4, -0.2) is 32.0 Å². The van der Waals surface area contributed by atoms with Crippen molar-refractivity contribution in [2.24, 2.45) is 0 Å². The third-order valence-electron chi connectivity index (χ3n) is 5.30. The first kappa shape index (κ1) is 16.7. The highest BCUT2D eigenvalue weighted by molar-refractivity contribution is 7.08. The van der Waals surface area contributed by atoms with Crippen molar-refractivity contribution in [2.45, 2.75) is 63.6 Å². The molecule has 132 valence electrons. The van der Waals surface area contributed by atoms with E-state index in [9.17, 15) is 9.90 Å². The summed E-state index contributed by atoms with van der Waals surface area (Å²) in [6.07, 6.45) is 4.74. The summed E-state index contributed by atoms with van der Waals surface area (Å²) in [5.74, 6) is 0.0951. The number of carboxylic acid groups (broad SMARTS) is 1. The molecule has 6 heteroatoms. The van der Waals surface area contributed by atoms with Gasteiger partial charge < -0.3 is 5.11 Å². The van der Waals surface area contributed by atoms with E-state index < -0.39 is 12.0 Å². The fraction of sp³-hybridized carbons (Fsp3) is 0.526. The molecule has 0 aliphatic carbocycles. The molecular formula is C19H23N3O2S. The maximum atomic E-state index is 12.0.